The average molecular weight is 365 g/mol. The molecule has 1 aromatic heterocycles. The first-order valence-corrected chi connectivity index (χ1v) is 8.44. The number of rotatable bonds is 6. The van der Waals surface area contributed by atoms with Crippen molar-refractivity contribution in [2.45, 2.75) is 25.3 Å². The lowest BCUT2D eigenvalue weighted by Crippen LogP contribution is -2.47. The molecule has 136 valence electrons. The zero-order valence-electron chi connectivity index (χ0n) is 14.1. The van der Waals surface area contributed by atoms with Crippen LogP contribution in [-0.2, 0) is 16.0 Å². The Labute approximate surface area is 154 Å². The van der Waals surface area contributed by atoms with Crippen molar-refractivity contribution < 1.29 is 9.53 Å². The van der Waals surface area contributed by atoms with Crippen LogP contribution < -0.4 is 11.1 Å². The molecular formula is C18H25ClN4O2. The second kappa shape index (κ2) is 9.56. The Morgan fingerprint density at radius 1 is 1.32 bits per heavy atom. The molecule has 0 bridgehead atoms. The van der Waals surface area contributed by atoms with Crippen LogP contribution in [0.1, 0.15) is 18.4 Å². The van der Waals surface area contributed by atoms with Crippen molar-refractivity contribution in [3.8, 4) is 5.69 Å². The van der Waals surface area contributed by atoms with Gasteiger partial charge in [-0.15, -0.1) is 12.4 Å². The number of aromatic nitrogens is 2. The van der Waals surface area contributed by atoms with Gasteiger partial charge in [0.25, 0.3) is 0 Å². The number of nitrogens with one attached hydrogen (secondary N) is 1. The molecule has 7 heteroatoms. The fourth-order valence-electron chi connectivity index (χ4n) is 2.95. The van der Waals surface area contributed by atoms with Gasteiger partial charge >= 0.3 is 0 Å². The van der Waals surface area contributed by atoms with Gasteiger partial charge < -0.3 is 15.8 Å². The van der Waals surface area contributed by atoms with Crippen molar-refractivity contribution in [2.24, 2.45) is 11.7 Å². The lowest BCUT2D eigenvalue weighted by Gasteiger charge is -2.26. The first kappa shape index (κ1) is 19.4. The highest BCUT2D eigenvalue weighted by Gasteiger charge is 2.26. The van der Waals surface area contributed by atoms with E-state index >= 15 is 0 Å². The minimum Gasteiger partial charge on any atom is -0.381 e. The Balaban J connectivity index is 0.00000225. The second-order valence-corrected chi connectivity index (χ2v) is 6.15. The quantitative estimate of drug-likeness (QED) is 0.817. The van der Waals surface area contributed by atoms with Crippen LogP contribution in [0.5, 0.6) is 0 Å². The molecule has 0 spiro atoms. The van der Waals surface area contributed by atoms with Crippen molar-refractivity contribution >= 4 is 18.3 Å². The molecule has 0 aliphatic carbocycles. The van der Waals surface area contributed by atoms with E-state index in [1.165, 1.54) is 0 Å². The van der Waals surface area contributed by atoms with E-state index in [2.05, 4.69) is 10.4 Å². The number of nitrogens with zero attached hydrogens (tertiary/aromatic N) is 2. The lowest BCUT2D eigenvalue weighted by atomic mass is 9.92. The number of ether oxygens (including phenoxy) is 1. The first-order chi connectivity index (χ1) is 11.7. The van der Waals surface area contributed by atoms with E-state index in [1.807, 2.05) is 47.4 Å². The summed E-state index contributed by atoms with van der Waals surface area (Å²) in [6, 6.07) is 9.51. The minimum atomic E-state index is -0.444. The molecule has 1 amide bonds. The van der Waals surface area contributed by atoms with Gasteiger partial charge in [0, 0.05) is 26.0 Å². The third-order valence-electron chi connectivity index (χ3n) is 4.45. The molecule has 1 aliphatic heterocycles. The van der Waals surface area contributed by atoms with Crippen LogP contribution in [0.25, 0.3) is 5.69 Å². The highest BCUT2D eigenvalue weighted by molar-refractivity contribution is 5.85. The number of hydrogen-bond acceptors (Lipinski definition) is 4. The topological polar surface area (TPSA) is 82.2 Å². The zero-order chi connectivity index (χ0) is 16.8. The monoisotopic (exact) mass is 364 g/mol. The second-order valence-electron chi connectivity index (χ2n) is 6.15. The van der Waals surface area contributed by atoms with E-state index < -0.39 is 6.04 Å². The number of hydrogen-bond donors (Lipinski definition) is 2. The Bertz CT molecular complexity index is 656. The highest BCUT2D eigenvalue weighted by atomic mass is 35.5. The number of carbonyl (C=O) groups is 1. The van der Waals surface area contributed by atoms with Crippen molar-refractivity contribution in [1.82, 2.24) is 15.1 Å². The summed E-state index contributed by atoms with van der Waals surface area (Å²) in [5.41, 5.74) is 8.17. The van der Waals surface area contributed by atoms with E-state index in [-0.39, 0.29) is 24.2 Å². The smallest absolute Gasteiger partial charge is 0.237 e. The normalized spacial score (nSPS) is 16.0. The summed E-state index contributed by atoms with van der Waals surface area (Å²) in [7, 11) is 0. The number of benzene rings is 1. The minimum absolute atomic E-state index is 0. The van der Waals surface area contributed by atoms with Gasteiger partial charge in [0.2, 0.25) is 5.91 Å². The maximum atomic E-state index is 12.2. The van der Waals surface area contributed by atoms with E-state index in [0.29, 0.717) is 19.8 Å². The Hall–Kier alpha value is -1.89. The summed E-state index contributed by atoms with van der Waals surface area (Å²) in [6.45, 7) is 1.96. The van der Waals surface area contributed by atoms with Crippen molar-refractivity contribution in [2.75, 3.05) is 19.8 Å². The fourth-order valence-corrected chi connectivity index (χ4v) is 2.95. The molecular weight excluding hydrogens is 340 g/mol. The molecule has 3 N–H and O–H groups in total. The molecule has 25 heavy (non-hydrogen) atoms. The summed E-state index contributed by atoms with van der Waals surface area (Å²) in [4.78, 5) is 12.2. The van der Waals surface area contributed by atoms with Gasteiger partial charge in [-0.2, -0.15) is 5.10 Å². The van der Waals surface area contributed by atoms with Gasteiger partial charge in [-0.25, -0.2) is 4.68 Å². The van der Waals surface area contributed by atoms with Gasteiger partial charge in [0.15, 0.2) is 0 Å². The number of halogens is 1. The van der Waals surface area contributed by atoms with Crippen LogP contribution in [0.4, 0.5) is 0 Å². The number of carbonyl (C=O) groups excluding carboxylic acids is 1. The maximum absolute atomic E-state index is 12.2. The molecule has 1 aliphatic rings. The Kier molecular flexibility index (Phi) is 7.43. The van der Waals surface area contributed by atoms with Crippen LogP contribution in [0, 0.1) is 5.92 Å². The molecule has 6 nitrogen and oxygen atoms in total. The van der Waals surface area contributed by atoms with Gasteiger partial charge in [-0.3, -0.25) is 4.79 Å². The van der Waals surface area contributed by atoms with E-state index in [0.717, 1.165) is 30.5 Å². The number of amides is 1. The Morgan fingerprint density at radius 3 is 2.76 bits per heavy atom. The van der Waals surface area contributed by atoms with Gasteiger partial charge in [-0.1, -0.05) is 18.2 Å². The van der Waals surface area contributed by atoms with Gasteiger partial charge in [0.1, 0.15) is 0 Å². The summed E-state index contributed by atoms with van der Waals surface area (Å²) in [5.74, 6) is 0.150. The molecule has 2 aromatic rings. The van der Waals surface area contributed by atoms with Crippen LogP contribution in [0.2, 0.25) is 0 Å². The molecule has 1 fully saturated rings. The van der Waals surface area contributed by atoms with Gasteiger partial charge in [-0.05, 0) is 42.9 Å². The van der Waals surface area contributed by atoms with E-state index in [4.69, 9.17) is 10.5 Å². The molecule has 0 saturated carbocycles. The standard InChI is InChI=1S/C18H24N4O2.ClH/c19-17(15-7-10-24-11-8-15)18(23)20-9-6-14-12-21-22(13-14)16-4-2-1-3-5-16;/h1-5,12-13,15,17H,6-11,19H2,(H,20,23);1H. The lowest BCUT2D eigenvalue weighted by molar-refractivity contribution is -0.124. The van der Waals surface area contributed by atoms with Crippen LogP contribution in [0.15, 0.2) is 42.7 Å². The molecule has 3 rings (SSSR count). The Morgan fingerprint density at radius 2 is 2.04 bits per heavy atom. The third-order valence-corrected chi connectivity index (χ3v) is 4.45. The maximum Gasteiger partial charge on any atom is 0.237 e. The molecule has 1 saturated heterocycles. The van der Waals surface area contributed by atoms with Crippen molar-refractivity contribution in [3.05, 3.63) is 48.3 Å². The van der Waals surface area contributed by atoms with Gasteiger partial charge in [0.05, 0.1) is 17.9 Å². The molecule has 0 radical (unpaired) electrons. The summed E-state index contributed by atoms with van der Waals surface area (Å²) >= 11 is 0. The first-order valence-electron chi connectivity index (χ1n) is 8.44. The van der Waals surface area contributed by atoms with Crippen LogP contribution in [-0.4, -0.2) is 41.5 Å². The number of para-hydroxylation sites is 1. The zero-order valence-corrected chi connectivity index (χ0v) is 15.0. The highest BCUT2D eigenvalue weighted by Crippen LogP contribution is 2.17. The van der Waals surface area contributed by atoms with Crippen molar-refractivity contribution in [3.63, 3.8) is 0 Å². The largest absolute Gasteiger partial charge is 0.381 e. The third kappa shape index (κ3) is 5.29. The van der Waals surface area contributed by atoms with E-state index in [1.54, 1.807) is 0 Å². The summed E-state index contributed by atoms with van der Waals surface area (Å²) in [5, 5.41) is 7.29. The van der Waals surface area contributed by atoms with Crippen molar-refractivity contribution in [1.29, 1.82) is 0 Å². The molecule has 1 unspecified atom stereocenters. The predicted molar refractivity (Wildman–Crippen MR) is 99.0 cm³/mol. The van der Waals surface area contributed by atoms with Crippen LogP contribution >= 0.6 is 12.4 Å². The average Bonchev–Trinajstić information content (AvgIpc) is 3.11. The summed E-state index contributed by atoms with van der Waals surface area (Å²) < 4.78 is 7.15. The predicted octanol–water partition coefficient (Wildman–Crippen LogP) is 1.71. The fraction of sp³-hybridized carbons (Fsp3) is 0.444. The SMILES string of the molecule is Cl.NC(C(=O)NCCc1cnn(-c2ccccc2)c1)C1CCOCC1. The van der Waals surface area contributed by atoms with E-state index in [9.17, 15) is 4.79 Å². The summed E-state index contributed by atoms with van der Waals surface area (Å²) in [6.07, 6.45) is 6.27. The molecule has 1 aromatic carbocycles. The molecule has 1 atom stereocenters. The number of nitrogens with two attached hydrogens (primary N) is 1. The van der Waals surface area contributed by atoms with Crippen LogP contribution in [0.3, 0.4) is 0 Å². The molecule has 2 heterocycles.